The van der Waals surface area contributed by atoms with Crippen molar-refractivity contribution in [2.45, 2.75) is 64.4 Å². The van der Waals surface area contributed by atoms with Gasteiger partial charge < -0.3 is 15.2 Å². The lowest BCUT2D eigenvalue weighted by Crippen LogP contribution is -2.58. The van der Waals surface area contributed by atoms with Crippen LogP contribution in [0, 0.1) is 0 Å². The number of ether oxygens (including phenoxy) is 2. The van der Waals surface area contributed by atoms with Gasteiger partial charge in [-0.3, -0.25) is 0 Å². The van der Waals surface area contributed by atoms with Crippen LogP contribution in [0.2, 0.25) is 0 Å². The summed E-state index contributed by atoms with van der Waals surface area (Å²) in [5.41, 5.74) is 5.87. The Kier molecular flexibility index (Phi) is 4.85. The molecular formula is C11H23NO2. The molecule has 0 spiro atoms. The first-order valence-electron chi connectivity index (χ1n) is 5.71. The first-order chi connectivity index (χ1) is 6.69. The van der Waals surface area contributed by atoms with E-state index in [1.807, 2.05) is 0 Å². The van der Waals surface area contributed by atoms with Gasteiger partial charge in [0.2, 0.25) is 0 Å². The average molecular weight is 201 g/mol. The van der Waals surface area contributed by atoms with E-state index in [1.165, 1.54) is 0 Å². The van der Waals surface area contributed by atoms with Crippen molar-refractivity contribution in [3.63, 3.8) is 0 Å². The molecule has 3 nitrogen and oxygen atoms in total. The standard InChI is InChI=1S/C11H23NO2/c1-4-6-13-11-9(12)7-10(11)14-8(3)5-2/h8-11H,4-7,12H2,1-3H3. The molecule has 0 saturated heterocycles. The van der Waals surface area contributed by atoms with Gasteiger partial charge in [-0.15, -0.1) is 0 Å². The lowest BCUT2D eigenvalue weighted by molar-refractivity contribution is -0.158. The van der Waals surface area contributed by atoms with Gasteiger partial charge in [0, 0.05) is 12.6 Å². The minimum absolute atomic E-state index is 0.129. The van der Waals surface area contributed by atoms with E-state index < -0.39 is 0 Å². The fourth-order valence-electron chi connectivity index (χ4n) is 1.63. The van der Waals surface area contributed by atoms with Gasteiger partial charge in [-0.25, -0.2) is 0 Å². The lowest BCUT2D eigenvalue weighted by Gasteiger charge is -2.43. The fourth-order valence-corrected chi connectivity index (χ4v) is 1.63. The second-order valence-electron chi connectivity index (χ2n) is 4.13. The molecule has 0 aromatic heterocycles. The summed E-state index contributed by atoms with van der Waals surface area (Å²) in [7, 11) is 0. The molecular weight excluding hydrogens is 178 g/mol. The van der Waals surface area contributed by atoms with Gasteiger partial charge in [-0.05, 0) is 26.2 Å². The van der Waals surface area contributed by atoms with Crippen LogP contribution < -0.4 is 5.73 Å². The topological polar surface area (TPSA) is 44.5 Å². The number of nitrogens with two attached hydrogens (primary N) is 1. The molecule has 0 bridgehead atoms. The van der Waals surface area contributed by atoms with Crippen molar-refractivity contribution >= 4 is 0 Å². The first kappa shape index (κ1) is 12.0. The van der Waals surface area contributed by atoms with E-state index in [0.29, 0.717) is 6.10 Å². The highest BCUT2D eigenvalue weighted by Crippen LogP contribution is 2.27. The van der Waals surface area contributed by atoms with E-state index in [4.69, 9.17) is 15.2 Å². The Hall–Kier alpha value is -0.120. The van der Waals surface area contributed by atoms with Gasteiger partial charge in [0.05, 0.1) is 18.3 Å². The van der Waals surface area contributed by atoms with Crippen LogP contribution in [0.25, 0.3) is 0 Å². The molecule has 2 N–H and O–H groups in total. The van der Waals surface area contributed by atoms with Crippen LogP contribution >= 0.6 is 0 Å². The third-order valence-electron chi connectivity index (χ3n) is 2.79. The molecule has 4 unspecified atom stereocenters. The van der Waals surface area contributed by atoms with Gasteiger partial charge in [-0.1, -0.05) is 13.8 Å². The van der Waals surface area contributed by atoms with E-state index in [9.17, 15) is 0 Å². The maximum atomic E-state index is 5.87. The first-order valence-corrected chi connectivity index (χ1v) is 5.71. The Morgan fingerprint density at radius 3 is 2.64 bits per heavy atom. The zero-order valence-corrected chi connectivity index (χ0v) is 9.53. The summed E-state index contributed by atoms with van der Waals surface area (Å²) in [6.07, 6.45) is 3.71. The van der Waals surface area contributed by atoms with E-state index in [2.05, 4.69) is 20.8 Å². The zero-order chi connectivity index (χ0) is 10.6. The maximum Gasteiger partial charge on any atom is 0.0988 e. The van der Waals surface area contributed by atoms with Crippen LogP contribution in [0.4, 0.5) is 0 Å². The van der Waals surface area contributed by atoms with Crippen LogP contribution in [0.5, 0.6) is 0 Å². The lowest BCUT2D eigenvalue weighted by atomic mass is 9.86. The summed E-state index contributed by atoms with van der Waals surface area (Å²) < 4.78 is 11.5. The predicted molar refractivity (Wildman–Crippen MR) is 57.2 cm³/mol. The summed E-state index contributed by atoms with van der Waals surface area (Å²) in [5, 5.41) is 0. The minimum Gasteiger partial charge on any atom is -0.374 e. The highest BCUT2D eigenvalue weighted by atomic mass is 16.6. The number of hydrogen-bond acceptors (Lipinski definition) is 3. The van der Waals surface area contributed by atoms with Crippen molar-refractivity contribution < 1.29 is 9.47 Å². The molecule has 4 atom stereocenters. The Morgan fingerprint density at radius 2 is 2.14 bits per heavy atom. The monoisotopic (exact) mass is 201 g/mol. The van der Waals surface area contributed by atoms with E-state index in [1.54, 1.807) is 0 Å². The van der Waals surface area contributed by atoms with E-state index in [0.717, 1.165) is 25.9 Å². The van der Waals surface area contributed by atoms with Crippen LogP contribution in [0.1, 0.15) is 40.0 Å². The van der Waals surface area contributed by atoms with Crippen molar-refractivity contribution in [3.8, 4) is 0 Å². The molecule has 1 aliphatic carbocycles. The summed E-state index contributed by atoms with van der Waals surface area (Å²) >= 11 is 0. The second kappa shape index (κ2) is 5.69. The molecule has 0 aromatic rings. The average Bonchev–Trinajstić information content (AvgIpc) is 2.17. The zero-order valence-electron chi connectivity index (χ0n) is 9.53. The van der Waals surface area contributed by atoms with Crippen LogP contribution in [0.3, 0.4) is 0 Å². The van der Waals surface area contributed by atoms with Crippen molar-refractivity contribution in [2.75, 3.05) is 6.61 Å². The quantitative estimate of drug-likeness (QED) is 0.711. The van der Waals surface area contributed by atoms with Gasteiger partial charge in [0.1, 0.15) is 0 Å². The second-order valence-corrected chi connectivity index (χ2v) is 4.13. The molecule has 1 aliphatic rings. The van der Waals surface area contributed by atoms with Crippen molar-refractivity contribution in [2.24, 2.45) is 5.73 Å². The molecule has 0 radical (unpaired) electrons. The summed E-state index contributed by atoms with van der Waals surface area (Å²) in [6, 6.07) is 0.176. The molecule has 84 valence electrons. The Labute approximate surface area is 86.9 Å². The molecule has 0 aromatic carbocycles. The largest absolute Gasteiger partial charge is 0.374 e. The summed E-state index contributed by atoms with van der Waals surface area (Å²) in [4.78, 5) is 0. The molecule has 1 saturated carbocycles. The molecule has 1 rings (SSSR count). The van der Waals surface area contributed by atoms with Crippen LogP contribution in [-0.4, -0.2) is 31.0 Å². The number of rotatable bonds is 6. The smallest absolute Gasteiger partial charge is 0.0988 e. The van der Waals surface area contributed by atoms with Crippen molar-refractivity contribution in [1.29, 1.82) is 0 Å². The molecule has 0 heterocycles. The SMILES string of the molecule is CCCOC1C(N)CC1OC(C)CC. The Bertz CT molecular complexity index is 163. The van der Waals surface area contributed by atoms with E-state index >= 15 is 0 Å². The molecule has 0 amide bonds. The molecule has 1 fully saturated rings. The predicted octanol–water partition coefficient (Wildman–Crippen LogP) is 1.70. The molecule has 3 heteroatoms. The molecule has 0 aliphatic heterocycles. The van der Waals surface area contributed by atoms with Crippen molar-refractivity contribution in [3.05, 3.63) is 0 Å². The Morgan fingerprint density at radius 1 is 1.43 bits per heavy atom. The Balaban J connectivity index is 2.25. The minimum atomic E-state index is 0.129. The van der Waals surface area contributed by atoms with Gasteiger partial charge in [-0.2, -0.15) is 0 Å². The third-order valence-corrected chi connectivity index (χ3v) is 2.79. The number of hydrogen-bond donors (Lipinski definition) is 1. The van der Waals surface area contributed by atoms with Gasteiger partial charge in [0.25, 0.3) is 0 Å². The highest BCUT2D eigenvalue weighted by Gasteiger charge is 2.40. The molecule has 14 heavy (non-hydrogen) atoms. The summed E-state index contributed by atoms with van der Waals surface area (Å²) in [5.74, 6) is 0. The van der Waals surface area contributed by atoms with Crippen LogP contribution in [-0.2, 0) is 9.47 Å². The third kappa shape index (κ3) is 2.94. The highest BCUT2D eigenvalue weighted by molar-refractivity contribution is 4.95. The van der Waals surface area contributed by atoms with Gasteiger partial charge >= 0.3 is 0 Å². The van der Waals surface area contributed by atoms with E-state index in [-0.39, 0.29) is 18.2 Å². The maximum absolute atomic E-state index is 5.87. The van der Waals surface area contributed by atoms with Crippen LogP contribution in [0.15, 0.2) is 0 Å². The van der Waals surface area contributed by atoms with Gasteiger partial charge in [0.15, 0.2) is 0 Å². The summed E-state index contributed by atoms with van der Waals surface area (Å²) in [6.45, 7) is 7.12. The van der Waals surface area contributed by atoms with Crippen molar-refractivity contribution in [1.82, 2.24) is 0 Å². The fraction of sp³-hybridized carbons (Fsp3) is 1.00. The normalized spacial score (nSPS) is 33.9.